The Hall–Kier alpha value is -4.22. The summed E-state index contributed by atoms with van der Waals surface area (Å²) in [5.41, 5.74) is -1.63. The van der Waals surface area contributed by atoms with E-state index in [1.165, 1.54) is 29.2 Å². The van der Waals surface area contributed by atoms with Crippen LogP contribution in [0.4, 0.5) is 37.7 Å². The molecule has 15 heteroatoms. The highest BCUT2D eigenvalue weighted by atomic mass is 35.5. The van der Waals surface area contributed by atoms with Crippen molar-refractivity contribution < 1.29 is 39.6 Å². The zero-order valence-corrected chi connectivity index (χ0v) is 24.7. The lowest BCUT2D eigenvalue weighted by Crippen LogP contribution is -2.61. The second-order valence-electron chi connectivity index (χ2n) is 10.4. The molecule has 0 bridgehead atoms. The van der Waals surface area contributed by atoms with E-state index in [1.54, 1.807) is 18.2 Å². The second kappa shape index (κ2) is 11.9. The zero-order valence-electron chi connectivity index (χ0n) is 23.1. The number of amides is 1. The van der Waals surface area contributed by atoms with Gasteiger partial charge in [-0.15, -0.1) is 0 Å². The van der Waals surface area contributed by atoms with E-state index in [0.29, 0.717) is 17.3 Å². The van der Waals surface area contributed by atoms with Crippen molar-refractivity contribution in [3.63, 3.8) is 0 Å². The summed E-state index contributed by atoms with van der Waals surface area (Å²) in [6.45, 7) is 0.321. The Morgan fingerprint density at radius 3 is 2.36 bits per heavy atom. The largest absolute Gasteiger partial charge is 0.417 e. The number of fused-ring (bicyclic) bond motifs is 3. The Labute approximate surface area is 259 Å². The molecule has 3 aromatic carbocycles. The quantitative estimate of drug-likeness (QED) is 0.224. The van der Waals surface area contributed by atoms with Gasteiger partial charge in [-0.05, 0) is 48.0 Å². The smallest absolute Gasteiger partial charge is 0.361 e. The van der Waals surface area contributed by atoms with Crippen molar-refractivity contribution in [2.24, 2.45) is 0 Å². The fourth-order valence-corrected chi connectivity index (χ4v) is 7.22. The molecule has 0 unspecified atom stereocenters. The van der Waals surface area contributed by atoms with E-state index in [9.17, 15) is 39.6 Å². The topological polar surface area (TPSA) is 84.7 Å². The van der Waals surface area contributed by atoms with Crippen molar-refractivity contribution >= 4 is 51.1 Å². The van der Waals surface area contributed by atoms with Crippen LogP contribution in [0, 0.1) is 11.3 Å². The van der Waals surface area contributed by atoms with Gasteiger partial charge in [0.1, 0.15) is 6.42 Å². The van der Waals surface area contributed by atoms with E-state index in [2.05, 4.69) is 0 Å². The van der Waals surface area contributed by atoms with Gasteiger partial charge in [0.2, 0.25) is 5.91 Å². The van der Waals surface area contributed by atoms with Gasteiger partial charge in [0.15, 0.2) is 0 Å². The van der Waals surface area contributed by atoms with Gasteiger partial charge in [0, 0.05) is 30.2 Å². The lowest BCUT2D eigenvalue weighted by atomic mass is 10.0. The molecule has 1 amide bonds. The van der Waals surface area contributed by atoms with Gasteiger partial charge in [0.05, 0.1) is 46.1 Å². The number of anilines is 2. The maximum atomic E-state index is 14.0. The van der Waals surface area contributed by atoms with Crippen molar-refractivity contribution in [3.8, 4) is 6.07 Å². The molecule has 7 nitrogen and oxygen atoms in total. The second-order valence-corrected chi connectivity index (χ2v) is 12.6. The molecule has 0 N–H and O–H groups in total. The first-order chi connectivity index (χ1) is 21.1. The molecule has 1 fully saturated rings. The lowest BCUT2D eigenvalue weighted by Gasteiger charge is -2.49. The molecule has 0 aromatic heterocycles. The van der Waals surface area contributed by atoms with Gasteiger partial charge >= 0.3 is 12.4 Å². The molecule has 2 aliphatic rings. The standard InChI is InChI=1S/C30H23ClF6N4O3S/c31-25-6-2-5-24(30(35,36)37)23(25)9-7-19-8-10-26-27(15-19)41(18-21-17-39(13-14-40(21)26)28(42)11-12-38)45(43,44)22-4-1-3-20(16-22)29(32,33)34/h1-10,15-16,21H,11,13-14,17-18H2/b9-7+/t21-/m0/s1. The zero-order chi connectivity index (χ0) is 32.7. The highest BCUT2D eigenvalue weighted by molar-refractivity contribution is 7.92. The normalized spacial score (nSPS) is 17.2. The van der Waals surface area contributed by atoms with Crippen molar-refractivity contribution in [3.05, 3.63) is 87.9 Å². The average Bonchev–Trinajstić information content (AvgIpc) is 2.98. The van der Waals surface area contributed by atoms with Crippen LogP contribution in [0.5, 0.6) is 0 Å². The van der Waals surface area contributed by atoms with Gasteiger partial charge in [-0.2, -0.15) is 31.6 Å². The minimum Gasteiger partial charge on any atom is -0.361 e. The van der Waals surface area contributed by atoms with Crippen LogP contribution in [-0.4, -0.2) is 51.4 Å². The first-order valence-corrected chi connectivity index (χ1v) is 15.2. The highest BCUT2D eigenvalue weighted by Crippen LogP contribution is 2.42. The molecule has 0 aliphatic carbocycles. The molecule has 0 radical (unpaired) electrons. The van der Waals surface area contributed by atoms with Gasteiger partial charge in [-0.3, -0.25) is 9.10 Å². The predicted molar refractivity (Wildman–Crippen MR) is 156 cm³/mol. The molecule has 1 atom stereocenters. The summed E-state index contributed by atoms with van der Waals surface area (Å²) < 4.78 is 110. The van der Waals surface area contributed by atoms with Gasteiger partial charge in [-0.25, -0.2) is 8.42 Å². The Morgan fingerprint density at radius 2 is 1.67 bits per heavy atom. The molecule has 45 heavy (non-hydrogen) atoms. The summed E-state index contributed by atoms with van der Waals surface area (Å²) in [5.74, 6) is -0.437. The molecule has 1 saturated heterocycles. The number of benzene rings is 3. The number of nitrogens with zero attached hydrogens (tertiary/aromatic N) is 4. The molecule has 0 saturated carbocycles. The Bertz CT molecular complexity index is 1820. The molecular weight excluding hydrogens is 646 g/mol. The number of carbonyl (C=O) groups excluding carboxylic acids is 1. The van der Waals surface area contributed by atoms with Crippen LogP contribution in [-0.2, 0) is 27.2 Å². The summed E-state index contributed by atoms with van der Waals surface area (Å²) in [7, 11) is -4.62. The molecule has 2 heterocycles. The van der Waals surface area contributed by atoms with Crippen LogP contribution in [0.15, 0.2) is 65.6 Å². The third kappa shape index (κ3) is 6.46. The van der Waals surface area contributed by atoms with E-state index in [4.69, 9.17) is 16.9 Å². The molecule has 5 rings (SSSR count). The summed E-state index contributed by atoms with van der Waals surface area (Å²) in [6, 6.07) is 12.4. The monoisotopic (exact) mass is 668 g/mol. The number of hydrogen-bond acceptors (Lipinski definition) is 5. The van der Waals surface area contributed by atoms with Crippen LogP contribution in [0.25, 0.3) is 12.2 Å². The number of alkyl halides is 6. The minimum atomic E-state index is -4.81. The minimum absolute atomic E-state index is 0.0585. The SMILES string of the molecule is N#CCC(=O)N1CCN2c3ccc(/C=C/c4c(Cl)cccc4C(F)(F)F)cc3N(S(=O)(=O)c3cccc(C(F)(F)F)c3)C[C@@H]2C1. The van der Waals surface area contributed by atoms with Gasteiger partial charge < -0.3 is 9.80 Å². The Morgan fingerprint density at radius 1 is 0.933 bits per heavy atom. The van der Waals surface area contributed by atoms with E-state index in [-0.39, 0.29) is 48.9 Å². The van der Waals surface area contributed by atoms with Crippen LogP contribution in [0.3, 0.4) is 0 Å². The summed E-state index contributed by atoms with van der Waals surface area (Å²) >= 11 is 6.07. The molecule has 2 aliphatic heterocycles. The van der Waals surface area contributed by atoms with Gasteiger partial charge in [-0.1, -0.05) is 42.0 Å². The summed E-state index contributed by atoms with van der Waals surface area (Å²) in [6.07, 6.45) is -7.38. The maximum absolute atomic E-state index is 14.0. The van der Waals surface area contributed by atoms with E-state index < -0.39 is 50.3 Å². The lowest BCUT2D eigenvalue weighted by molar-refractivity contribution is -0.138. The first-order valence-electron chi connectivity index (χ1n) is 13.4. The van der Waals surface area contributed by atoms with Crippen molar-refractivity contribution in [1.82, 2.24) is 4.90 Å². The van der Waals surface area contributed by atoms with Gasteiger partial charge in [0.25, 0.3) is 10.0 Å². The van der Waals surface area contributed by atoms with Crippen LogP contribution in [0.1, 0.15) is 28.7 Å². The third-order valence-corrected chi connectivity index (χ3v) is 9.68. The Balaban J connectivity index is 1.60. The van der Waals surface area contributed by atoms with Crippen LogP contribution in [0.2, 0.25) is 5.02 Å². The Kier molecular flexibility index (Phi) is 8.54. The summed E-state index contributed by atoms with van der Waals surface area (Å²) in [4.78, 5) is 15.1. The maximum Gasteiger partial charge on any atom is 0.417 e. The summed E-state index contributed by atoms with van der Waals surface area (Å²) in [5, 5.41) is 8.80. The van der Waals surface area contributed by atoms with Crippen molar-refractivity contribution in [1.29, 1.82) is 5.26 Å². The number of nitriles is 1. The number of piperazine rings is 1. The van der Waals surface area contributed by atoms with E-state index >= 15 is 0 Å². The third-order valence-electron chi connectivity index (χ3n) is 7.57. The highest BCUT2D eigenvalue weighted by Gasteiger charge is 2.41. The molecular formula is C30H23ClF6N4O3S. The number of hydrogen-bond donors (Lipinski definition) is 0. The number of rotatable bonds is 5. The average molecular weight is 669 g/mol. The number of carbonyl (C=O) groups is 1. The van der Waals surface area contributed by atoms with E-state index in [1.807, 2.05) is 4.90 Å². The molecule has 236 valence electrons. The number of sulfonamides is 1. The van der Waals surface area contributed by atoms with E-state index in [0.717, 1.165) is 34.6 Å². The fraction of sp³-hybridized carbons (Fsp3) is 0.267. The van der Waals surface area contributed by atoms with Crippen molar-refractivity contribution in [2.75, 3.05) is 35.4 Å². The number of halogens is 7. The van der Waals surface area contributed by atoms with Crippen LogP contribution >= 0.6 is 11.6 Å². The fourth-order valence-electron chi connectivity index (χ4n) is 5.43. The molecule has 3 aromatic rings. The predicted octanol–water partition coefficient (Wildman–Crippen LogP) is 6.69. The van der Waals surface area contributed by atoms with Crippen molar-refractivity contribution in [2.45, 2.75) is 29.7 Å². The van der Waals surface area contributed by atoms with Crippen LogP contribution < -0.4 is 9.21 Å². The molecule has 0 spiro atoms. The first kappa shape index (κ1) is 32.2.